The Kier molecular flexibility index (Phi) is 5.46. The van der Waals surface area contributed by atoms with E-state index < -0.39 is 0 Å². The van der Waals surface area contributed by atoms with Crippen molar-refractivity contribution in [2.45, 2.75) is 64.3 Å². The SMILES string of the molecule is CCCCCC1CCC(N=[N+]=[N-])CC1. The zero-order valence-electron chi connectivity index (χ0n) is 9.15. The van der Waals surface area contributed by atoms with E-state index in [9.17, 15) is 0 Å². The van der Waals surface area contributed by atoms with Crippen molar-refractivity contribution in [1.29, 1.82) is 0 Å². The third-order valence-electron chi connectivity index (χ3n) is 3.25. The summed E-state index contributed by atoms with van der Waals surface area (Å²) in [4.78, 5) is 2.88. The first-order chi connectivity index (χ1) is 6.86. The minimum Gasteiger partial charge on any atom is -0.0906 e. The molecule has 0 atom stereocenters. The van der Waals surface area contributed by atoms with Gasteiger partial charge in [0.15, 0.2) is 0 Å². The zero-order chi connectivity index (χ0) is 10.2. The maximum Gasteiger partial charge on any atom is 0.0374 e. The average Bonchev–Trinajstić information content (AvgIpc) is 2.21. The molecule has 80 valence electrons. The van der Waals surface area contributed by atoms with Crippen LogP contribution in [-0.2, 0) is 0 Å². The van der Waals surface area contributed by atoms with Crippen LogP contribution in [0, 0.1) is 5.92 Å². The molecule has 14 heavy (non-hydrogen) atoms. The lowest BCUT2D eigenvalue weighted by molar-refractivity contribution is 0.303. The van der Waals surface area contributed by atoms with Gasteiger partial charge in [-0.3, -0.25) is 0 Å². The number of unbranched alkanes of at least 4 members (excludes halogenated alkanes) is 2. The first kappa shape index (κ1) is 11.4. The van der Waals surface area contributed by atoms with Crippen molar-refractivity contribution < 1.29 is 0 Å². The molecule has 0 bridgehead atoms. The van der Waals surface area contributed by atoms with Gasteiger partial charge in [-0.15, -0.1) is 0 Å². The summed E-state index contributed by atoms with van der Waals surface area (Å²) in [5, 5.41) is 3.80. The van der Waals surface area contributed by atoms with Gasteiger partial charge in [-0.2, -0.15) is 0 Å². The summed E-state index contributed by atoms with van der Waals surface area (Å²) >= 11 is 0. The van der Waals surface area contributed by atoms with Crippen molar-refractivity contribution in [3.8, 4) is 0 Å². The molecule has 1 saturated carbocycles. The van der Waals surface area contributed by atoms with E-state index in [1.165, 1.54) is 38.5 Å². The minimum atomic E-state index is 0.294. The highest BCUT2D eigenvalue weighted by Crippen LogP contribution is 2.29. The Morgan fingerprint density at radius 3 is 2.50 bits per heavy atom. The number of nitrogens with zero attached hydrogens (tertiary/aromatic N) is 3. The standard InChI is InChI=1S/C11H21N3/c1-2-3-4-5-10-6-8-11(9-7-10)13-14-12/h10-11H,2-9H2,1H3. The molecule has 1 rings (SSSR count). The van der Waals surface area contributed by atoms with E-state index >= 15 is 0 Å². The van der Waals surface area contributed by atoms with Crippen molar-refractivity contribution in [3.63, 3.8) is 0 Å². The molecule has 0 N–H and O–H groups in total. The maximum absolute atomic E-state index is 8.32. The highest BCUT2D eigenvalue weighted by molar-refractivity contribution is 4.77. The van der Waals surface area contributed by atoms with E-state index in [0.717, 1.165) is 18.8 Å². The fraction of sp³-hybridized carbons (Fsp3) is 1.00. The Morgan fingerprint density at radius 2 is 1.93 bits per heavy atom. The second-order valence-corrected chi connectivity index (χ2v) is 4.38. The van der Waals surface area contributed by atoms with Crippen molar-refractivity contribution in [3.05, 3.63) is 10.4 Å². The quantitative estimate of drug-likeness (QED) is 0.269. The summed E-state index contributed by atoms with van der Waals surface area (Å²) < 4.78 is 0. The third kappa shape index (κ3) is 4.01. The Bertz CT molecular complexity index is 189. The summed E-state index contributed by atoms with van der Waals surface area (Å²) in [5.41, 5.74) is 8.32. The minimum absolute atomic E-state index is 0.294. The molecule has 0 saturated heterocycles. The number of hydrogen-bond acceptors (Lipinski definition) is 1. The van der Waals surface area contributed by atoms with E-state index in [1.807, 2.05) is 0 Å². The van der Waals surface area contributed by atoms with Crippen LogP contribution >= 0.6 is 0 Å². The van der Waals surface area contributed by atoms with Gasteiger partial charge < -0.3 is 0 Å². The van der Waals surface area contributed by atoms with E-state index in [1.54, 1.807) is 0 Å². The second-order valence-electron chi connectivity index (χ2n) is 4.38. The summed E-state index contributed by atoms with van der Waals surface area (Å²) in [6.45, 7) is 2.25. The normalized spacial score (nSPS) is 26.9. The fourth-order valence-corrected chi connectivity index (χ4v) is 2.31. The van der Waals surface area contributed by atoms with E-state index in [4.69, 9.17) is 5.53 Å². The monoisotopic (exact) mass is 195 g/mol. The van der Waals surface area contributed by atoms with E-state index in [2.05, 4.69) is 16.9 Å². The molecule has 1 aliphatic carbocycles. The smallest absolute Gasteiger partial charge is 0.0374 e. The van der Waals surface area contributed by atoms with Crippen molar-refractivity contribution >= 4 is 0 Å². The van der Waals surface area contributed by atoms with Gasteiger partial charge in [0.05, 0.1) is 0 Å². The van der Waals surface area contributed by atoms with Crippen LogP contribution in [0.4, 0.5) is 0 Å². The molecule has 0 radical (unpaired) electrons. The zero-order valence-corrected chi connectivity index (χ0v) is 9.15. The van der Waals surface area contributed by atoms with E-state index in [0.29, 0.717) is 6.04 Å². The first-order valence-corrected chi connectivity index (χ1v) is 5.91. The van der Waals surface area contributed by atoms with Crippen LogP contribution in [-0.4, -0.2) is 6.04 Å². The third-order valence-corrected chi connectivity index (χ3v) is 3.25. The molecular weight excluding hydrogens is 174 g/mol. The van der Waals surface area contributed by atoms with Crippen LogP contribution in [0.25, 0.3) is 10.4 Å². The summed E-state index contributed by atoms with van der Waals surface area (Å²) in [6, 6.07) is 0.294. The van der Waals surface area contributed by atoms with E-state index in [-0.39, 0.29) is 0 Å². The van der Waals surface area contributed by atoms with Crippen molar-refractivity contribution in [1.82, 2.24) is 0 Å². The van der Waals surface area contributed by atoms with Crippen LogP contribution in [0.1, 0.15) is 58.3 Å². The van der Waals surface area contributed by atoms with Gasteiger partial charge in [-0.1, -0.05) is 50.6 Å². The molecule has 0 aliphatic heterocycles. The first-order valence-electron chi connectivity index (χ1n) is 5.91. The summed E-state index contributed by atoms with van der Waals surface area (Å²) in [6.07, 6.45) is 10.2. The lowest BCUT2D eigenvalue weighted by Crippen LogP contribution is -2.16. The van der Waals surface area contributed by atoms with Gasteiger partial charge in [-0.25, -0.2) is 0 Å². The van der Waals surface area contributed by atoms with Crippen LogP contribution in [0.3, 0.4) is 0 Å². The molecule has 1 aliphatic rings. The molecule has 3 nitrogen and oxygen atoms in total. The number of rotatable bonds is 5. The molecule has 0 spiro atoms. The Morgan fingerprint density at radius 1 is 1.21 bits per heavy atom. The molecule has 0 heterocycles. The maximum atomic E-state index is 8.32. The molecule has 3 heteroatoms. The van der Waals surface area contributed by atoms with Gasteiger partial charge in [0.2, 0.25) is 0 Å². The van der Waals surface area contributed by atoms with Crippen LogP contribution in [0.2, 0.25) is 0 Å². The second kappa shape index (κ2) is 6.72. The highest BCUT2D eigenvalue weighted by atomic mass is 15.1. The Balaban J connectivity index is 2.12. The largest absolute Gasteiger partial charge is 0.0906 e. The lowest BCUT2D eigenvalue weighted by atomic mass is 9.83. The van der Waals surface area contributed by atoms with Crippen molar-refractivity contribution in [2.24, 2.45) is 11.0 Å². The van der Waals surface area contributed by atoms with Crippen LogP contribution in [0.15, 0.2) is 5.11 Å². The Hall–Kier alpha value is -0.690. The molecule has 0 aromatic rings. The predicted octanol–water partition coefficient (Wildman–Crippen LogP) is 4.44. The van der Waals surface area contributed by atoms with Crippen LogP contribution in [0.5, 0.6) is 0 Å². The molecule has 0 aromatic carbocycles. The number of azide groups is 1. The van der Waals surface area contributed by atoms with Gasteiger partial charge in [0.1, 0.15) is 0 Å². The summed E-state index contributed by atoms with van der Waals surface area (Å²) in [5.74, 6) is 0.909. The molecule has 0 amide bonds. The fourth-order valence-electron chi connectivity index (χ4n) is 2.31. The molecular formula is C11H21N3. The predicted molar refractivity (Wildman–Crippen MR) is 59.0 cm³/mol. The molecule has 0 unspecified atom stereocenters. The topological polar surface area (TPSA) is 48.8 Å². The van der Waals surface area contributed by atoms with Gasteiger partial charge in [0, 0.05) is 11.0 Å². The highest BCUT2D eigenvalue weighted by Gasteiger charge is 2.19. The van der Waals surface area contributed by atoms with Crippen molar-refractivity contribution in [2.75, 3.05) is 0 Å². The summed E-state index contributed by atoms with van der Waals surface area (Å²) in [7, 11) is 0. The molecule has 1 fully saturated rings. The van der Waals surface area contributed by atoms with Gasteiger partial charge >= 0.3 is 0 Å². The van der Waals surface area contributed by atoms with Crippen LogP contribution < -0.4 is 0 Å². The Labute approximate surface area is 86.5 Å². The van der Waals surface area contributed by atoms with Gasteiger partial charge in [-0.05, 0) is 24.3 Å². The van der Waals surface area contributed by atoms with Gasteiger partial charge in [0.25, 0.3) is 0 Å². The average molecular weight is 195 g/mol. The molecule has 0 aromatic heterocycles. The number of hydrogen-bond donors (Lipinski definition) is 0. The lowest BCUT2D eigenvalue weighted by Gasteiger charge is -2.25.